The number of amides is 3. The van der Waals surface area contributed by atoms with E-state index in [1.807, 2.05) is 30.3 Å². The highest BCUT2D eigenvalue weighted by Gasteiger charge is 2.34. The molecule has 7 nitrogen and oxygen atoms in total. The molecule has 1 heterocycles. The Balaban J connectivity index is 1.40. The summed E-state index contributed by atoms with van der Waals surface area (Å²) < 4.78 is 5.06. The van der Waals surface area contributed by atoms with Crippen LogP contribution in [0.25, 0.3) is 0 Å². The summed E-state index contributed by atoms with van der Waals surface area (Å²) in [4.78, 5) is 26.6. The number of nitrogens with one attached hydrogen (secondary N) is 2. The lowest BCUT2D eigenvalue weighted by Gasteiger charge is -2.26. The lowest BCUT2D eigenvalue weighted by molar-refractivity contribution is 0.0996. The van der Waals surface area contributed by atoms with Crippen molar-refractivity contribution < 1.29 is 19.1 Å². The number of nitrogens with zero attached hydrogens (tertiary/aromatic N) is 1. The average Bonchev–Trinajstić information content (AvgIpc) is 3.46. The molecule has 1 atom stereocenters. The lowest BCUT2D eigenvalue weighted by Crippen LogP contribution is -2.39. The zero-order valence-electron chi connectivity index (χ0n) is 16.6. The Kier molecular flexibility index (Phi) is 6.25. The molecule has 31 heavy (non-hydrogen) atoms. The van der Waals surface area contributed by atoms with Gasteiger partial charge in [0.05, 0.1) is 29.6 Å². The topological polar surface area (TPSA) is 94.8 Å². The highest BCUT2D eigenvalue weighted by atomic mass is 35.5. The van der Waals surface area contributed by atoms with Crippen LogP contribution in [0.1, 0.15) is 35.1 Å². The normalized spacial score (nSPS) is 14.0. The van der Waals surface area contributed by atoms with E-state index in [0.29, 0.717) is 11.4 Å². The van der Waals surface area contributed by atoms with Crippen molar-refractivity contribution in [3.8, 4) is 0 Å². The fourth-order valence-corrected chi connectivity index (χ4v) is 3.46. The molecule has 1 aromatic heterocycles. The number of aliphatic hydroxyl groups excluding tert-OH is 1. The number of hydrogen-bond acceptors (Lipinski definition) is 4. The number of aliphatic hydroxyl groups is 1. The second kappa shape index (κ2) is 9.24. The third-order valence-corrected chi connectivity index (χ3v) is 5.33. The van der Waals surface area contributed by atoms with Gasteiger partial charge >= 0.3 is 6.03 Å². The van der Waals surface area contributed by atoms with Gasteiger partial charge in [-0.15, -0.1) is 0 Å². The molecule has 2 aromatic carbocycles. The molecule has 0 bridgehead atoms. The number of anilines is 2. The van der Waals surface area contributed by atoms with Crippen LogP contribution >= 0.6 is 11.6 Å². The number of carbonyl (C=O) groups is 2. The number of furan rings is 1. The predicted molar refractivity (Wildman–Crippen MR) is 118 cm³/mol. The lowest BCUT2D eigenvalue weighted by atomic mass is 10.1. The molecule has 1 unspecified atom stereocenters. The predicted octanol–water partition coefficient (Wildman–Crippen LogP) is 4.92. The molecule has 4 rings (SSSR count). The smallest absolute Gasteiger partial charge is 0.322 e. The summed E-state index contributed by atoms with van der Waals surface area (Å²) in [6.45, 7) is 0.200. The summed E-state index contributed by atoms with van der Waals surface area (Å²) >= 11 is 6.29. The van der Waals surface area contributed by atoms with E-state index >= 15 is 0 Å². The molecule has 3 aromatic rings. The largest absolute Gasteiger partial charge is 0.459 e. The van der Waals surface area contributed by atoms with Crippen LogP contribution < -0.4 is 10.6 Å². The van der Waals surface area contributed by atoms with Gasteiger partial charge in [0.2, 0.25) is 0 Å². The average molecular weight is 440 g/mol. The highest BCUT2D eigenvalue weighted by molar-refractivity contribution is 6.34. The third kappa shape index (κ3) is 5.25. The number of hydrogen-bond donors (Lipinski definition) is 3. The number of halogens is 1. The maximum atomic E-state index is 12.9. The van der Waals surface area contributed by atoms with Crippen molar-refractivity contribution >= 4 is 34.9 Å². The van der Waals surface area contributed by atoms with Gasteiger partial charge in [0.1, 0.15) is 0 Å². The van der Waals surface area contributed by atoms with E-state index in [-0.39, 0.29) is 29.4 Å². The minimum Gasteiger partial charge on any atom is -0.459 e. The molecule has 1 fully saturated rings. The Morgan fingerprint density at radius 1 is 1.10 bits per heavy atom. The molecule has 3 N–H and O–H groups in total. The number of carbonyl (C=O) groups excluding carboxylic acids is 2. The van der Waals surface area contributed by atoms with Gasteiger partial charge in [-0.3, -0.25) is 4.79 Å². The molecular weight excluding hydrogens is 418 g/mol. The molecule has 0 radical (unpaired) electrons. The first kappa shape index (κ1) is 21.0. The first-order valence-electron chi connectivity index (χ1n) is 9.96. The van der Waals surface area contributed by atoms with Crippen molar-refractivity contribution in [2.24, 2.45) is 0 Å². The Labute approximate surface area is 184 Å². The fraction of sp³-hybridized carbons (Fsp3) is 0.217. The van der Waals surface area contributed by atoms with Crippen LogP contribution in [0.4, 0.5) is 16.2 Å². The molecule has 0 aliphatic heterocycles. The maximum Gasteiger partial charge on any atom is 0.322 e. The zero-order valence-corrected chi connectivity index (χ0v) is 17.4. The second-order valence-corrected chi connectivity index (χ2v) is 7.77. The van der Waals surface area contributed by atoms with Crippen molar-refractivity contribution in [3.05, 3.63) is 83.3 Å². The number of urea groups is 1. The SMILES string of the molecule is O=C(Nc1ccc(NC(=O)N(CC(O)c2ccccc2)C2CC2)cc1Cl)c1ccco1. The van der Waals surface area contributed by atoms with E-state index in [0.717, 1.165) is 18.4 Å². The summed E-state index contributed by atoms with van der Waals surface area (Å²) in [5.74, 6) is -0.246. The standard InChI is InChI=1S/C23H22ClN3O4/c24-18-13-16(8-11-19(18)26-22(29)21-7-4-12-31-21)25-23(30)27(17-9-10-17)14-20(28)15-5-2-1-3-6-15/h1-8,11-13,17,20,28H,9-10,14H2,(H,25,30)(H,26,29). The maximum absolute atomic E-state index is 12.9. The van der Waals surface area contributed by atoms with E-state index < -0.39 is 12.0 Å². The highest BCUT2D eigenvalue weighted by Crippen LogP contribution is 2.31. The van der Waals surface area contributed by atoms with Gasteiger partial charge < -0.3 is 25.1 Å². The van der Waals surface area contributed by atoms with Crippen LogP contribution in [0, 0.1) is 0 Å². The van der Waals surface area contributed by atoms with Gasteiger partial charge in [0.25, 0.3) is 5.91 Å². The summed E-state index contributed by atoms with van der Waals surface area (Å²) in [5.41, 5.74) is 1.66. The van der Waals surface area contributed by atoms with Crippen molar-refractivity contribution in [1.82, 2.24) is 4.90 Å². The van der Waals surface area contributed by atoms with Crippen LogP contribution in [-0.2, 0) is 0 Å². The molecule has 1 saturated carbocycles. The van der Waals surface area contributed by atoms with Gasteiger partial charge in [0.15, 0.2) is 5.76 Å². The zero-order chi connectivity index (χ0) is 21.8. The van der Waals surface area contributed by atoms with E-state index in [1.165, 1.54) is 6.26 Å². The molecular formula is C23H22ClN3O4. The Hall–Kier alpha value is -3.29. The molecule has 160 valence electrons. The minimum absolute atomic E-state index is 0.112. The Morgan fingerprint density at radius 3 is 2.52 bits per heavy atom. The Morgan fingerprint density at radius 2 is 1.87 bits per heavy atom. The van der Waals surface area contributed by atoms with Crippen molar-refractivity contribution in [3.63, 3.8) is 0 Å². The first-order valence-corrected chi connectivity index (χ1v) is 10.3. The monoisotopic (exact) mass is 439 g/mol. The number of rotatable bonds is 7. The van der Waals surface area contributed by atoms with Crippen molar-refractivity contribution in [2.45, 2.75) is 25.0 Å². The molecule has 1 aliphatic rings. The van der Waals surface area contributed by atoms with Gasteiger partial charge in [-0.05, 0) is 48.7 Å². The van der Waals surface area contributed by atoms with Crippen LogP contribution in [0.3, 0.4) is 0 Å². The molecule has 1 aliphatic carbocycles. The summed E-state index contributed by atoms with van der Waals surface area (Å²) in [7, 11) is 0. The quantitative estimate of drug-likeness (QED) is 0.487. The van der Waals surface area contributed by atoms with E-state index in [9.17, 15) is 14.7 Å². The van der Waals surface area contributed by atoms with Crippen LogP contribution in [0.15, 0.2) is 71.3 Å². The Bertz CT molecular complexity index is 1050. The fourth-order valence-electron chi connectivity index (χ4n) is 3.23. The van der Waals surface area contributed by atoms with Crippen LogP contribution in [0.2, 0.25) is 5.02 Å². The first-order chi connectivity index (χ1) is 15.0. The van der Waals surface area contributed by atoms with Gasteiger partial charge in [-0.25, -0.2) is 4.79 Å². The van der Waals surface area contributed by atoms with Gasteiger partial charge in [-0.2, -0.15) is 0 Å². The minimum atomic E-state index is -0.768. The van der Waals surface area contributed by atoms with Gasteiger partial charge in [-0.1, -0.05) is 41.9 Å². The number of benzene rings is 2. The van der Waals surface area contributed by atoms with E-state index in [4.69, 9.17) is 16.0 Å². The van der Waals surface area contributed by atoms with Crippen molar-refractivity contribution in [2.75, 3.05) is 17.2 Å². The molecule has 8 heteroatoms. The summed E-state index contributed by atoms with van der Waals surface area (Å²) in [6.07, 6.45) is 2.46. The van der Waals surface area contributed by atoms with Crippen LogP contribution in [0.5, 0.6) is 0 Å². The molecule has 3 amide bonds. The summed E-state index contributed by atoms with van der Waals surface area (Å²) in [6, 6.07) is 17.1. The molecule has 0 spiro atoms. The van der Waals surface area contributed by atoms with E-state index in [2.05, 4.69) is 10.6 Å². The van der Waals surface area contributed by atoms with Crippen LogP contribution in [-0.4, -0.2) is 34.5 Å². The van der Waals surface area contributed by atoms with Crippen molar-refractivity contribution in [1.29, 1.82) is 0 Å². The summed E-state index contributed by atoms with van der Waals surface area (Å²) in [5, 5.41) is 16.3. The molecule has 0 saturated heterocycles. The van der Waals surface area contributed by atoms with E-state index in [1.54, 1.807) is 35.2 Å². The second-order valence-electron chi connectivity index (χ2n) is 7.37. The van der Waals surface area contributed by atoms with Gasteiger partial charge in [0, 0.05) is 11.7 Å². The third-order valence-electron chi connectivity index (χ3n) is 5.02.